The molecular weight excluding hydrogens is 178 g/mol. The predicted octanol–water partition coefficient (Wildman–Crippen LogP) is 2.66. The molecular formula is C11H21NS. The topological polar surface area (TPSA) is 12.0 Å². The number of nitrogens with one attached hydrogen (secondary N) is 1. The van der Waals surface area contributed by atoms with Crippen molar-refractivity contribution in [1.82, 2.24) is 5.32 Å². The van der Waals surface area contributed by atoms with Gasteiger partial charge in [0.05, 0.1) is 0 Å². The Morgan fingerprint density at radius 1 is 1.23 bits per heavy atom. The first-order valence-corrected chi connectivity index (χ1v) is 6.79. The lowest BCUT2D eigenvalue weighted by Crippen LogP contribution is -2.52. The van der Waals surface area contributed by atoms with Crippen molar-refractivity contribution in [2.45, 2.75) is 44.6 Å². The standard InChI is InChI=1S/C11H21NS/c1-11(6-2-3-7-12-11)10-4-8-13-9-5-10/h10,12H,2-9H2,1H3. The fourth-order valence-corrected chi connectivity index (χ4v) is 3.87. The third kappa shape index (κ3) is 2.21. The van der Waals surface area contributed by atoms with E-state index in [1.807, 2.05) is 0 Å². The molecule has 1 atom stereocenters. The van der Waals surface area contributed by atoms with E-state index in [1.54, 1.807) is 0 Å². The van der Waals surface area contributed by atoms with Crippen LogP contribution < -0.4 is 5.32 Å². The Kier molecular flexibility index (Phi) is 3.20. The van der Waals surface area contributed by atoms with Gasteiger partial charge in [0.2, 0.25) is 0 Å². The molecule has 0 aromatic rings. The third-order valence-corrected chi connectivity index (χ3v) is 4.82. The number of piperidine rings is 1. The molecule has 2 rings (SSSR count). The van der Waals surface area contributed by atoms with Crippen molar-refractivity contribution < 1.29 is 0 Å². The average Bonchev–Trinajstić information content (AvgIpc) is 2.20. The van der Waals surface area contributed by atoms with E-state index in [0.29, 0.717) is 5.54 Å². The average molecular weight is 199 g/mol. The molecule has 1 unspecified atom stereocenters. The summed E-state index contributed by atoms with van der Waals surface area (Å²) in [7, 11) is 0. The van der Waals surface area contributed by atoms with Gasteiger partial charge in [-0.05, 0) is 56.6 Å². The maximum atomic E-state index is 3.76. The van der Waals surface area contributed by atoms with Gasteiger partial charge >= 0.3 is 0 Å². The normalized spacial score (nSPS) is 37.6. The molecule has 0 bridgehead atoms. The zero-order valence-electron chi connectivity index (χ0n) is 8.64. The minimum Gasteiger partial charge on any atom is -0.311 e. The van der Waals surface area contributed by atoms with Crippen LogP contribution >= 0.6 is 11.8 Å². The molecule has 0 spiro atoms. The zero-order valence-corrected chi connectivity index (χ0v) is 9.46. The molecule has 1 nitrogen and oxygen atoms in total. The highest BCUT2D eigenvalue weighted by Gasteiger charge is 2.35. The second-order valence-corrected chi connectivity index (χ2v) is 5.91. The zero-order chi connectivity index (χ0) is 9.15. The minimum atomic E-state index is 0.485. The molecule has 2 aliphatic rings. The van der Waals surface area contributed by atoms with Crippen LogP contribution in [0.1, 0.15) is 39.0 Å². The summed E-state index contributed by atoms with van der Waals surface area (Å²) >= 11 is 2.13. The van der Waals surface area contributed by atoms with Crippen molar-refractivity contribution in [2.75, 3.05) is 18.1 Å². The molecule has 1 N–H and O–H groups in total. The van der Waals surface area contributed by atoms with Crippen LogP contribution in [0.2, 0.25) is 0 Å². The van der Waals surface area contributed by atoms with Crippen LogP contribution in [0, 0.1) is 5.92 Å². The largest absolute Gasteiger partial charge is 0.311 e. The van der Waals surface area contributed by atoms with Crippen molar-refractivity contribution in [3.05, 3.63) is 0 Å². The maximum Gasteiger partial charge on any atom is 0.0182 e. The molecule has 0 aromatic carbocycles. The molecule has 2 heteroatoms. The summed E-state index contributed by atoms with van der Waals surface area (Å²) in [5, 5.41) is 3.76. The number of thioether (sulfide) groups is 1. The Labute approximate surface area is 86.0 Å². The Bertz CT molecular complexity index is 157. The van der Waals surface area contributed by atoms with Crippen molar-refractivity contribution >= 4 is 11.8 Å². The summed E-state index contributed by atoms with van der Waals surface area (Å²) in [6.07, 6.45) is 7.11. The quantitative estimate of drug-likeness (QED) is 0.697. The second-order valence-electron chi connectivity index (χ2n) is 4.69. The van der Waals surface area contributed by atoms with Crippen LogP contribution in [0.4, 0.5) is 0 Å². The van der Waals surface area contributed by atoms with E-state index in [4.69, 9.17) is 0 Å². The Hall–Kier alpha value is 0.310. The van der Waals surface area contributed by atoms with Gasteiger partial charge in [0.15, 0.2) is 0 Å². The summed E-state index contributed by atoms with van der Waals surface area (Å²) in [5.41, 5.74) is 0.485. The molecule has 76 valence electrons. The fraction of sp³-hybridized carbons (Fsp3) is 1.00. The Morgan fingerprint density at radius 3 is 2.62 bits per heavy atom. The molecule has 0 aromatic heterocycles. The van der Waals surface area contributed by atoms with Crippen molar-refractivity contribution in [2.24, 2.45) is 5.92 Å². The van der Waals surface area contributed by atoms with E-state index < -0.39 is 0 Å². The molecule has 13 heavy (non-hydrogen) atoms. The van der Waals surface area contributed by atoms with Gasteiger partial charge in [-0.2, -0.15) is 11.8 Å². The van der Waals surface area contributed by atoms with Gasteiger partial charge in [-0.1, -0.05) is 6.42 Å². The number of hydrogen-bond acceptors (Lipinski definition) is 2. The van der Waals surface area contributed by atoms with Crippen molar-refractivity contribution in [3.8, 4) is 0 Å². The van der Waals surface area contributed by atoms with Crippen LogP contribution in [0.3, 0.4) is 0 Å². The van der Waals surface area contributed by atoms with Gasteiger partial charge in [0.1, 0.15) is 0 Å². The predicted molar refractivity (Wildman–Crippen MR) is 60.3 cm³/mol. The van der Waals surface area contributed by atoms with Crippen molar-refractivity contribution in [3.63, 3.8) is 0 Å². The number of hydrogen-bond donors (Lipinski definition) is 1. The summed E-state index contributed by atoms with van der Waals surface area (Å²) in [5.74, 6) is 3.73. The monoisotopic (exact) mass is 199 g/mol. The van der Waals surface area contributed by atoms with E-state index in [9.17, 15) is 0 Å². The maximum absolute atomic E-state index is 3.76. The first kappa shape index (κ1) is 9.85. The van der Waals surface area contributed by atoms with Gasteiger partial charge in [-0.25, -0.2) is 0 Å². The highest BCUT2D eigenvalue weighted by molar-refractivity contribution is 7.99. The van der Waals surface area contributed by atoms with Crippen LogP contribution in [-0.4, -0.2) is 23.6 Å². The summed E-state index contributed by atoms with van der Waals surface area (Å²) in [4.78, 5) is 0. The molecule has 2 fully saturated rings. The van der Waals surface area contributed by atoms with E-state index in [2.05, 4.69) is 24.0 Å². The van der Waals surface area contributed by atoms with Gasteiger partial charge in [-0.3, -0.25) is 0 Å². The van der Waals surface area contributed by atoms with E-state index >= 15 is 0 Å². The van der Waals surface area contributed by atoms with Crippen LogP contribution in [0.25, 0.3) is 0 Å². The van der Waals surface area contributed by atoms with E-state index in [0.717, 1.165) is 5.92 Å². The van der Waals surface area contributed by atoms with E-state index in [1.165, 1.54) is 50.2 Å². The van der Waals surface area contributed by atoms with Gasteiger partial charge in [-0.15, -0.1) is 0 Å². The molecule has 0 aliphatic carbocycles. The molecule has 0 radical (unpaired) electrons. The lowest BCUT2D eigenvalue weighted by atomic mass is 9.76. The SMILES string of the molecule is CC1(C2CCSCC2)CCCCN1. The van der Waals surface area contributed by atoms with Gasteiger partial charge < -0.3 is 5.32 Å². The van der Waals surface area contributed by atoms with E-state index in [-0.39, 0.29) is 0 Å². The van der Waals surface area contributed by atoms with Gasteiger partial charge in [0, 0.05) is 5.54 Å². The van der Waals surface area contributed by atoms with Crippen molar-refractivity contribution in [1.29, 1.82) is 0 Å². The fourth-order valence-electron chi connectivity index (χ4n) is 2.76. The second kappa shape index (κ2) is 4.22. The molecule has 0 saturated carbocycles. The highest BCUT2D eigenvalue weighted by atomic mass is 32.2. The first-order valence-electron chi connectivity index (χ1n) is 5.64. The highest BCUT2D eigenvalue weighted by Crippen LogP contribution is 2.35. The van der Waals surface area contributed by atoms with Gasteiger partial charge in [0.25, 0.3) is 0 Å². The molecule has 2 heterocycles. The first-order chi connectivity index (χ1) is 6.31. The molecule has 2 saturated heterocycles. The smallest absolute Gasteiger partial charge is 0.0182 e. The molecule has 0 amide bonds. The van der Waals surface area contributed by atoms with Crippen LogP contribution in [0.15, 0.2) is 0 Å². The summed E-state index contributed by atoms with van der Waals surface area (Å²) in [6.45, 7) is 3.70. The summed E-state index contributed by atoms with van der Waals surface area (Å²) < 4.78 is 0. The molecule has 2 aliphatic heterocycles. The van der Waals surface area contributed by atoms with Crippen LogP contribution in [-0.2, 0) is 0 Å². The van der Waals surface area contributed by atoms with Crippen LogP contribution in [0.5, 0.6) is 0 Å². The minimum absolute atomic E-state index is 0.485. The lowest BCUT2D eigenvalue weighted by molar-refractivity contribution is 0.171. The third-order valence-electron chi connectivity index (χ3n) is 3.77. The number of rotatable bonds is 1. The Balaban J connectivity index is 1.94. The lowest BCUT2D eigenvalue weighted by Gasteiger charge is -2.43. The Morgan fingerprint density at radius 2 is 2.00 bits per heavy atom. The summed E-state index contributed by atoms with van der Waals surface area (Å²) in [6, 6.07) is 0.